The highest BCUT2D eigenvalue weighted by Gasteiger charge is 2.34. The minimum absolute atomic E-state index is 0.566. The van der Waals surface area contributed by atoms with Gasteiger partial charge in [0.2, 0.25) is 0 Å². The van der Waals surface area contributed by atoms with E-state index in [1.54, 1.807) is 0 Å². The van der Waals surface area contributed by atoms with Crippen LogP contribution in [0.5, 0.6) is 0 Å². The average molecular weight is 1590 g/mol. The lowest BCUT2D eigenvalue weighted by Gasteiger charge is -2.08. The molecule has 0 bridgehead atoms. The van der Waals surface area contributed by atoms with Crippen LogP contribution in [-0.2, 0) is 48.7 Å². The number of allylic oxidation sites excluding steroid dienone is 4. The second-order valence-electron chi connectivity index (χ2n) is 21.7. The van der Waals surface area contributed by atoms with Crippen LogP contribution in [-0.4, -0.2) is 24.5 Å². The highest BCUT2D eigenvalue weighted by atomic mass is 32.3. The van der Waals surface area contributed by atoms with Crippen molar-refractivity contribution in [2.75, 3.05) is 24.5 Å². The monoisotopic (exact) mass is 1580 g/mol. The van der Waals surface area contributed by atoms with E-state index >= 15 is 0 Å². The smallest absolute Gasteiger partial charge is 0.0717 e. The molecule has 12 rings (SSSR count). The summed E-state index contributed by atoms with van der Waals surface area (Å²) >= 11 is 39.1. The highest BCUT2D eigenvalue weighted by Crippen LogP contribution is 2.68. The Morgan fingerprint density at radius 2 is 0.473 bits per heavy atom. The molecule has 0 atom stereocenters. The number of hydrogen-bond acceptors (Lipinski definition) is 21. The Labute approximate surface area is 636 Å². The molecule has 6 aromatic carbocycles. The van der Waals surface area contributed by atoms with E-state index in [2.05, 4.69) is 198 Å². The summed E-state index contributed by atoms with van der Waals surface area (Å²) in [4.78, 5) is 5.95. The summed E-state index contributed by atoms with van der Waals surface area (Å²) in [6.07, 6.45) is 11.1. The molecule has 0 saturated heterocycles. The van der Waals surface area contributed by atoms with Gasteiger partial charge in [-0.05, 0) is 91.0 Å². The second kappa shape index (κ2) is 35.9. The molecule has 478 valence electrons. The molecule has 21 heteroatoms. The number of nitriles is 1. The van der Waals surface area contributed by atoms with Gasteiger partial charge in [0, 0.05) is 80.5 Å². The summed E-state index contributed by atoms with van der Waals surface area (Å²) in [5.41, 5.74) is 16.2. The molecule has 6 heterocycles. The van der Waals surface area contributed by atoms with Gasteiger partial charge in [0.1, 0.15) is 0 Å². The van der Waals surface area contributed by atoms with Crippen molar-refractivity contribution in [3.8, 4) is 6.07 Å². The number of thioether (sulfide) groups is 20. The van der Waals surface area contributed by atoms with Crippen molar-refractivity contribution in [2.24, 2.45) is 0 Å². The molecule has 6 aliphatic rings. The van der Waals surface area contributed by atoms with E-state index in [0.29, 0.717) is 6.42 Å². The van der Waals surface area contributed by atoms with Gasteiger partial charge >= 0.3 is 0 Å². The molecule has 6 aromatic rings. The number of benzene rings is 6. The molecule has 93 heavy (non-hydrogen) atoms. The van der Waals surface area contributed by atoms with Gasteiger partial charge in [-0.2, -0.15) is 5.26 Å². The summed E-state index contributed by atoms with van der Waals surface area (Å²) < 4.78 is 19.7. The van der Waals surface area contributed by atoms with E-state index < -0.39 is 0 Å². The van der Waals surface area contributed by atoms with Crippen LogP contribution in [0.15, 0.2) is 225 Å². The molecule has 0 spiro atoms. The fourth-order valence-electron chi connectivity index (χ4n) is 9.48. The third-order valence-electron chi connectivity index (χ3n) is 14.6. The van der Waals surface area contributed by atoms with Gasteiger partial charge in [-0.25, -0.2) is 0 Å². The maximum atomic E-state index is 9.31. The minimum atomic E-state index is 0.566. The standard InChI is InChI=1S/C72H65NS20/c1-43-9-17-47(18-10-43)35-55-56(36-48-19-11-44(2)12-20-48)83-67(82-55)69-87-60(75-6)63(90-69)78-39-51-25-29-53(30-26-51)41-80-65-66(93-72(92-65)71-86-59(74-5)62(89-71)77-34-8-33-73)81-42-54-31-27-52(28-32-54)40-79-64-61(76-7)88-70(91-64)68-84-57(37-49-21-13-45(3)14-22-49)58(85-68)38-50-23-15-46(4)16-24-50/h9-32H,8,34-42H2,1-7H3. The van der Waals surface area contributed by atoms with Crippen molar-refractivity contribution in [2.45, 2.75) is 82.8 Å². The second-order valence-corrected chi connectivity index (χ2v) is 45.4. The predicted molar refractivity (Wildman–Crippen MR) is 455 cm³/mol. The van der Waals surface area contributed by atoms with Gasteiger partial charge < -0.3 is 0 Å². The first kappa shape index (κ1) is 72.3. The lowest BCUT2D eigenvalue weighted by Crippen LogP contribution is -1.92. The molecule has 0 saturated carbocycles. The molecule has 0 amide bonds. The summed E-state index contributed by atoms with van der Waals surface area (Å²) in [7, 11) is 0. The van der Waals surface area contributed by atoms with Crippen LogP contribution >= 0.6 is 235 Å². The zero-order valence-electron chi connectivity index (χ0n) is 52.0. The van der Waals surface area contributed by atoms with E-state index in [-0.39, 0.29) is 0 Å². The molecular formula is C72H65NS20. The van der Waals surface area contributed by atoms with Crippen LogP contribution in [0.25, 0.3) is 0 Å². The molecule has 0 unspecified atom stereocenters. The fraction of sp³-hybridized carbons (Fsp3) is 0.236. The predicted octanol–water partition coefficient (Wildman–Crippen LogP) is 28.4. The molecular weight excluding hydrogens is 1520 g/mol. The van der Waals surface area contributed by atoms with E-state index in [1.807, 2.05) is 235 Å². The van der Waals surface area contributed by atoms with Crippen molar-refractivity contribution in [3.05, 3.63) is 291 Å². The van der Waals surface area contributed by atoms with Gasteiger partial charge in [-0.3, -0.25) is 0 Å². The topological polar surface area (TPSA) is 23.8 Å². The zero-order chi connectivity index (χ0) is 64.2. The minimum Gasteiger partial charge on any atom is -0.198 e. The first-order valence-electron chi connectivity index (χ1n) is 29.7. The summed E-state index contributed by atoms with van der Waals surface area (Å²) in [6, 6.07) is 57.6. The third-order valence-corrected chi connectivity index (χ3v) is 43.5. The van der Waals surface area contributed by atoms with Gasteiger partial charge in [0.25, 0.3) is 0 Å². The molecule has 0 fully saturated rings. The third kappa shape index (κ3) is 20.2. The number of hydrogen-bond donors (Lipinski definition) is 0. The lowest BCUT2D eigenvalue weighted by molar-refractivity contribution is 1.17. The maximum absolute atomic E-state index is 9.31. The highest BCUT2D eigenvalue weighted by molar-refractivity contribution is 8.46. The van der Waals surface area contributed by atoms with Crippen molar-refractivity contribution in [1.82, 2.24) is 0 Å². The molecule has 0 radical (unpaired) electrons. The van der Waals surface area contributed by atoms with E-state index in [4.69, 9.17) is 0 Å². The molecule has 0 aromatic heterocycles. The SMILES string of the molecule is CSC1=C(SCc2ccc(CSC3=C(SCc4ccc(CSC5=C(SC)SC(=C6SC(Cc7ccc(C)cc7)=C(Cc7ccc(C)cc7)S6)S5)cc4)SC(=C4SC(SC)=C(SCCC#N)S4)S3)cc2)SC(=C2SC(Cc3ccc(C)cc3)=C(Cc3ccc(C)cc3)S2)S1. The van der Waals surface area contributed by atoms with Crippen LogP contribution in [0.2, 0.25) is 0 Å². The van der Waals surface area contributed by atoms with Gasteiger partial charge in [-0.1, -0.05) is 309 Å². The van der Waals surface area contributed by atoms with Crippen LogP contribution in [0, 0.1) is 39.0 Å². The summed E-state index contributed by atoms with van der Waals surface area (Å²) in [6.45, 7) is 8.68. The Balaban J connectivity index is 0.667. The summed E-state index contributed by atoms with van der Waals surface area (Å²) in [5.74, 6) is 4.58. The van der Waals surface area contributed by atoms with Gasteiger partial charge in [0.15, 0.2) is 0 Å². The Hall–Kier alpha value is -0.530. The Bertz CT molecular complexity index is 3710. The number of aryl methyl sites for hydroxylation is 4. The van der Waals surface area contributed by atoms with Crippen molar-refractivity contribution >= 4 is 235 Å². The zero-order valence-corrected chi connectivity index (χ0v) is 68.4. The van der Waals surface area contributed by atoms with Crippen LogP contribution < -0.4 is 0 Å². The van der Waals surface area contributed by atoms with E-state index in [1.165, 1.54) is 146 Å². The molecule has 6 aliphatic heterocycles. The Morgan fingerprint density at radius 3 is 0.710 bits per heavy atom. The van der Waals surface area contributed by atoms with Crippen molar-refractivity contribution in [3.63, 3.8) is 0 Å². The normalized spacial score (nSPS) is 17.1. The Morgan fingerprint density at radius 1 is 0.269 bits per heavy atom. The van der Waals surface area contributed by atoms with Crippen LogP contribution in [0.1, 0.15) is 73.2 Å². The fourth-order valence-corrected chi connectivity index (χ4v) is 37.9. The average Bonchev–Trinajstić information content (AvgIpc) is 1.88. The quantitative estimate of drug-likeness (QED) is 0.0481. The van der Waals surface area contributed by atoms with Crippen molar-refractivity contribution < 1.29 is 0 Å². The first-order chi connectivity index (χ1) is 45.4. The molecule has 0 aliphatic carbocycles. The lowest BCUT2D eigenvalue weighted by atomic mass is 10.1. The molecule has 0 N–H and O–H groups in total. The maximum Gasteiger partial charge on any atom is 0.0717 e. The number of rotatable bonds is 26. The first-order valence-corrected chi connectivity index (χ1v) is 48.1. The van der Waals surface area contributed by atoms with Crippen LogP contribution in [0.3, 0.4) is 0 Å². The van der Waals surface area contributed by atoms with Gasteiger partial charge in [-0.15, -0.1) is 94.1 Å². The van der Waals surface area contributed by atoms with E-state index in [9.17, 15) is 5.26 Å². The number of nitrogens with zero attached hydrogens (tertiary/aromatic N) is 1. The van der Waals surface area contributed by atoms with Gasteiger partial charge in [0.05, 0.1) is 65.4 Å². The Kier molecular flexibility index (Phi) is 27.9. The molecule has 1 nitrogen and oxygen atoms in total. The van der Waals surface area contributed by atoms with E-state index in [0.717, 1.165) is 54.4 Å². The largest absolute Gasteiger partial charge is 0.198 e. The van der Waals surface area contributed by atoms with Crippen molar-refractivity contribution in [1.29, 1.82) is 5.26 Å². The summed E-state index contributed by atoms with van der Waals surface area (Å²) in [5, 5.41) is 9.31. The van der Waals surface area contributed by atoms with Crippen LogP contribution in [0.4, 0.5) is 0 Å².